The fourth-order valence-corrected chi connectivity index (χ4v) is 1.63. The van der Waals surface area contributed by atoms with E-state index in [-0.39, 0.29) is 0 Å². The Labute approximate surface area is 95.0 Å². The summed E-state index contributed by atoms with van der Waals surface area (Å²) in [6.45, 7) is 12.6. The predicted octanol–water partition coefficient (Wildman–Crippen LogP) is 1.57. The molecule has 1 atom stereocenters. The van der Waals surface area contributed by atoms with Crippen molar-refractivity contribution < 1.29 is 4.74 Å². The molecule has 0 aliphatic rings. The smallest absolute Gasteiger partial charge is 0.0589 e. The molecule has 2 N–H and O–H groups in total. The lowest BCUT2D eigenvalue weighted by molar-refractivity contribution is 0.109. The van der Waals surface area contributed by atoms with Crippen molar-refractivity contribution in [1.29, 1.82) is 0 Å². The van der Waals surface area contributed by atoms with Gasteiger partial charge in [0.05, 0.1) is 6.61 Å². The van der Waals surface area contributed by atoms with E-state index in [1.165, 1.54) is 0 Å². The van der Waals surface area contributed by atoms with Crippen LogP contribution in [-0.4, -0.2) is 44.3 Å². The van der Waals surface area contributed by atoms with Crippen molar-refractivity contribution in [3.8, 4) is 0 Å². The summed E-state index contributed by atoms with van der Waals surface area (Å²) in [6, 6.07) is 0.563. The summed E-state index contributed by atoms with van der Waals surface area (Å²) in [7, 11) is 1.75. The van der Waals surface area contributed by atoms with Crippen LogP contribution >= 0.6 is 0 Å². The maximum absolute atomic E-state index is 5.79. The van der Waals surface area contributed by atoms with E-state index >= 15 is 0 Å². The van der Waals surface area contributed by atoms with Crippen LogP contribution in [0.5, 0.6) is 0 Å². The molecule has 0 aromatic heterocycles. The Kier molecular flexibility index (Phi) is 8.02. The Hall–Kier alpha value is -0.120. The van der Waals surface area contributed by atoms with Gasteiger partial charge < -0.3 is 10.5 Å². The molecular formula is C12H28N2O. The van der Waals surface area contributed by atoms with E-state index in [2.05, 4.69) is 32.6 Å². The third-order valence-corrected chi connectivity index (χ3v) is 3.03. The fraction of sp³-hybridized carbons (Fsp3) is 1.00. The van der Waals surface area contributed by atoms with Gasteiger partial charge in [-0.1, -0.05) is 13.8 Å². The first-order valence-corrected chi connectivity index (χ1v) is 5.96. The second-order valence-corrected chi connectivity index (χ2v) is 4.82. The van der Waals surface area contributed by atoms with Gasteiger partial charge in [0.2, 0.25) is 0 Å². The van der Waals surface area contributed by atoms with Crippen LogP contribution in [0, 0.1) is 11.8 Å². The first kappa shape index (κ1) is 14.9. The summed E-state index contributed by atoms with van der Waals surface area (Å²) in [5, 5.41) is 0. The molecule has 0 spiro atoms. The van der Waals surface area contributed by atoms with Crippen LogP contribution in [0.25, 0.3) is 0 Å². The lowest BCUT2D eigenvalue weighted by Crippen LogP contribution is -2.41. The normalized spacial score (nSPS) is 14.2. The molecule has 3 nitrogen and oxygen atoms in total. The lowest BCUT2D eigenvalue weighted by Gasteiger charge is -2.31. The summed E-state index contributed by atoms with van der Waals surface area (Å²) >= 11 is 0. The maximum Gasteiger partial charge on any atom is 0.0589 e. The zero-order chi connectivity index (χ0) is 11.8. The minimum absolute atomic E-state index is 0.563. The van der Waals surface area contributed by atoms with E-state index in [9.17, 15) is 0 Å². The van der Waals surface area contributed by atoms with Crippen LogP contribution in [0.4, 0.5) is 0 Å². The first-order valence-electron chi connectivity index (χ1n) is 5.96. The number of hydrogen-bond donors (Lipinski definition) is 1. The van der Waals surface area contributed by atoms with Crippen molar-refractivity contribution in [2.45, 2.75) is 33.7 Å². The fourth-order valence-electron chi connectivity index (χ4n) is 1.63. The largest absolute Gasteiger partial charge is 0.383 e. The van der Waals surface area contributed by atoms with Crippen molar-refractivity contribution in [2.75, 3.05) is 33.4 Å². The van der Waals surface area contributed by atoms with Gasteiger partial charge in [0.1, 0.15) is 0 Å². The highest BCUT2D eigenvalue weighted by molar-refractivity contribution is 4.72. The third-order valence-electron chi connectivity index (χ3n) is 3.03. The molecule has 0 rings (SSSR count). The average Bonchev–Trinajstić information content (AvgIpc) is 2.17. The zero-order valence-electron chi connectivity index (χ0n) is 11.0. The van der Waals surface area contributed by atoms with Gasteiger partial charge in [0.15, 0.2) is 0 Å². The second-order valence-electron chi connectivity index (χ2n) is 4.82. The van der Waals surface area contributed by atoms with Crippen LogP contribution in [0.2, 0.25) is 0 Å². The molecule has 0 heterocycles. The number of hydrogen-bond acceptors (Lipinski definition) is 3. The number of rotatable bonds is 8. The van der Waals surface area contributed by atoms with Gasteiger partial charge in [-0.3, -0.25) is 4.90 Å². The lowest BCUT2D eigenvalue weighted by atomic mass is 9.95. The van der Waals surface area contributed by atoms with E-state index in [0.29, 0.717) is 17.9 Å². The highest BCUT2D eigenvalue weighted by atomic mass is 16.5. The molecule has 0 aliphatic carbocycles. The maximum atomic E-state index is 5.79. The van der Waals surface area contributed by atoms with Crippen molar-refractivity contribution in [3.63, 3.8) is 0 Å². The second kappa shape index (κ2) is 8.08. The van der Waals surface area contributed by atoms with E-state index < -0.39 is 0 Å². The van der Waals surface area contributed by atoms with Gasteiger partial charge in [-0.05, 0) is 32.2 Å². The Balaban J connectivity index is 4.12. The number of nitrogens with two attached hydrogens (primary N) is 1. The molecule has 0 bridgehead atoms. The van der Waals surface area contributed by atoms with Crippen LogP contribution < -0.4 is 5.73 Å². The van der Waals surface area contributed by atoms with Gasteiger partial charge in [-0.15, -0.1) is 0 Å². The molecule has 0 aliphatic heterocycles. The topological polar surface area (TPSA) is 38.5 Å². The van der Waals surface area contributed by atoms with Crippen molar-refractivity contribution in [1.82, 2.24) is 4.90 Å². The van der Waals surface area contributed by atoms with E-state index in [0.717, 1.165) is 26.2 Å². The number of methoxy groups -OCH3 is 1. The van der Waals surface area contributed by atoms with Crippen LogP contribution in [0.3, 0.4) is 0 Å². The summed E-state index contributed by atoms with van der Waals surface area (Å²) in [4.78, 5) is 2.45. The summed E-state index contributed by atoms with van der Waals surface area (Å²) in [6.07, 6.45) is 0. The molecule has 92 valence electrons. The summed E-state index contributed by atoms with van der Waals surface area (Å²) in [5.41, 5.74) is 5.79. The predicted molar refractivity (Wildman–Crippen MR) is 66.0 cm³/mol. The van der Waals surface area contributed by atoms with Gasteiger partial charge in [0.25, 0.3) is 0 Å². The average molecular weight is 216 g/mol. The SMILES string of the molecule is COCCN(CC(CN)C(C)C)C(C)C. The first-order chi connectivity index (χ1) is 7.02. The molecule has 15 heavy (non-hydrogen) atoms. The standard InChI is InChI=1S/C12H28N2O/c1-10(2)12(8-13)9-14(11(3)4)6-7-15-5/h10-12H,6-9,13H2,1-5H3. The Morgan fingerprint density at radius 1 is 1.20 bits per heavy atom. The van der Waals surface area contributed by atoms with Crippen molar-refractivity contribution in [2.24, 2.45) is 17.6 Å². The minimum atomic E-state index is 0.563. The molecule has 0 aromatic rings. The molecular weight excluding hydrogens is 188 g/mol. The Morgan fingerprint density at radius 2 is 1.80 bits per heavy atom. The van der Waals surface area contributed by atoms with E-state index in [1.807, 2.05) is 0 Å². The summed E-state index contributed by atoms with van der Waals surface area (Å²) in [5.74, 6) is 1.24. The molecule has 0 saturated carbocycles. The van der Waals surface area contributed by atoms with Gasteiger partial charge in [0, 0.05) is 26.2 Å². The van der Waals surface area contributed by atoms with Crippen LogP contribution in [0.15, 0.2) is 0 Å². The van der Waals surface area contributed by atoms with E-state index in [1.54, 1.807) is 7.11 Å². The zero-order valence-corrected chi connectivity index (χ0v) is 11.0. The monoisotopic (exact) mass is 216 g/mol. The van der Waals surface area contributed by atoms with Crippen LogP contribution in [0.1, 0.15) is 27.7 Å². The minimum Gasteiger partial charge on any atom is -0.383 e. The number of nitrogens with zero attached hydrogens (tertiary/aromatic N) is 1. The quantitative estimate of drug-likeness (QED) is 0.669. The molecule has 0 fully saturated rings. The van der Waals surface area contributed by atoms with E-state index in [4.69, 9.17) is 10.5 Å². The molecule has 3 heteroatoms. The molecule has 0 amide bonds. The highest BCUT2D eigenvalue weighted by Gasteiger charge is 2.17. The molecule has 1 unspecified atom stereocenters. The number of ether oxygens (including phenoxy) is 1. The van der Waals surface area contributed by atoms with Crippen LogP contribution in [-0.2, 0) is 4.74 Å². The van der Waals surface area contributed by atoms with Gasteiger partial charge in [-0.2, -0.15) is 0 Å². The van der Waals surface area contributed by atoms with Gasteiger partial charge >= 0.3 is 0 Å². The highest BCUT2D eigenvalue weighted by Crippen LogP contribution is 2.12. The van der Waals surface area contributed by atoms with Crippen molar-refractivity contribution in [3.05, 3.63) is 0 Å². The van der Waals surface area contributed by atoms with Crippen molar-refractivity contribution >= 4 is 0 Å². The molecule has 0 radical (unpaired) electrons. The molecule has 0 aromatic carbocycles. The third kappa shape index (κ3) is 6.13. The Bertz CT molecular complexity index is 149. The van der Waals surface area contributed by atoms with Gasteiger partial charge in [-0.25, -0.2) is 0 Å². The Morgan fingerprint density at radius 3 is 2.13 bits per heavy atom. The summed E-state index contributed by atoms with van der Waals surface area (Å²) < 4.78 is 5.13. The molecule has 0 saturated heterocycles.